The molecule has 1 fully saturated rings. The van der Waals surface area contributed by atoms with Gasteiger partial charge >= 0.3 is 5.97 Å². The van der Waals surface area contributed by atoms with Gasteiger partial charge in [0.25, 0.3) is 0 Å². The summed E-state index contributed by atoms with van der Waals surface area (Å²) >= 11 is 0. The van der Waals surface area contributed by atoms with E-state index in [4.69, 9.17) is 5.11 Å². The van der Waals surface area contributed by atoms with Crippen LogP contribution >= 0.6 is 0 Å². The van der Waals surface area contributed by atoms with Crippen molar-refractivity contribution in [1.29, 1.82) is 0 Å². The van der Waals surface area contributed by atoms with Gasteiger partial charge in [0, 0.05) is 12.1 Å². The minimum Gasteiger partial charge on any atom is -0.481 e. The zero-order chi connectivity index (χ0) is 13.5. The molecule has 0 aromatic heterocycles. The maximum absolute atomic E-state index is 11.6. The molecule has 1 amide bonds. The molecule has 0 radical (unpaired) electrons. The predicted molar refractivity (Wildman–Crippen MR) is 69.3 cm³/mol. The molecule has 1 rings (SSSR count). The zero-order valence-corrected chi connectivity index (χ0v) is 11.2. The largest absolute Gasteiger partial charge is 0.481 e. The van der Waals surface area contributed by atoms with Crippen molar-refractivity contribution < 1.29 is 14.7 Å². The van der Waals surface area contributed by atoms with Gasteiger partial charge in [-0.15, -0.1) is 0 Å². The zero-order valence-electron chi connectivity index (χ0n) is 11.2. The Labute approximate surface area is 108 Å². The molecule has 1 aliphatic rings. The summed E-state index contributed by atoms with van der Waals surface area (Å²) in [5.74, 6) is -0.871. The van der Waals surface area contributed by atoms with Crippen LogP contribution in [0.15, 0.2) is 0 Å². The van der Waals surface area contributed by atoms with Crippen molar-refractivity contribution in [3.63, 3.8) is 0 Å². The van der Waals surface area contributed by atoms with Crippen molar-refractivity contribution >= 4 is 11.9 Å². The molecule has 0 spiro atoms. The van der Waals surface area contributed by atoms with E-state index in [1.54, 1.807) is 0 Å². The smallest absolute Gasteiger partial charge is 0.306 e. The fourth-order valence-electron chi connectivity index (χ4n) is 2.21. The maximum Gasteiger partial charge on any atom is 0.306 e. The average Bonchev–Trinajstić information content (AvgIpc) is 2.36. The number of nitrogens with one attached hydrogen (secondary N) is 2. The Morgan fingerprint density at radius 2 is 1.89 bits per heavy atom. The van der Waals surface area contributed by atoms with Crippen LogP contribution in [0.2, 0.25) is 0 Å². The van der Waals surface area contributed by atoms with E-state index in [0.717, 1.165) is 19.3 Å². The second kappa shape index (κ2) is 7.36. The van der Waals surface area contributed by atoms with Crippen LogP contribution in [0.5, 0.6) is 0 Å². The molecule has 0 aromatic carbocycles. The van der Waals surface area contributed by atoms with Crippen molar-refractivity contribution in [2.24, 2.45) is 5.92 Å². The fourth-order valence-corrected chi connectivity index (χ4v) is 2.21. The molecule has 1 atom stereocenters. The SMILES string of the molecule is CCC(C)NC(=O)CNC1CCC(C(=O)O)CC1. The fraction of sp³-hybridized carbons (Fsp3) is 0.846. The third-order valence-electron chi connectivity index (χ3n) is 3.65. The first-order valence-electron chi connectivity index (χ1n) is 6.78. The van der Waals surface area contributed by atoms with Crippen LogP contribution < -0.4 is 10.6 Å². The Bertz CT molecular complexity index is 286. The van der Waals surface area contributed by atoms with E-state index in [1.165, 1.54) is 0 Å². The maximum atomic E-state index is 11.6. The highest BCUT2D eigenvalue weighted by molar-refractivity contribution is 5.78. The third-order valence-corrected chi connectivity index (χ3v) is 3.65. The Kier molecular flexibility index (Phi) is 6.12. The molecule has 0 bridgehead atoms. The highest BCUT2D eigenvalue weighted by atomic mass is 16.4. The van der Waals surface area contributed by atoms with Crippen molar-refractivity contribution in [1.82, 2.24) is 10.6 Å². The second-order valence-electron chi connectivity index (χ2n) is 5.14. The Morgan fingerprint density at radius 1 is 1.28 bits per heavy atom. The Balaban J connectivity index is 2.18. The number of carboxylic acid groups (broad SMARTS) is 1. The molecule has 1 unspecified atom stereocenters. The summed E-state index contributed by atoms with van der Waals surface area (Å²) in [5.41, 5.74) is 0. The number of hydrogen-bond donors (Lipinski definition) is 3. The molecule has 0 aromatic rings. The van der Waals surface area contributed by atoms with Gasteiger partial charge in [0.2, 0.25) is 5.91 Å². The number of amides is 1. The number of carbonyl (C=O) groups excluding carboxylic acids is 1. The van der Waals surface area contributed by atoms with E-state index in [-0.39, 0.29) is 23.9 Å². The summed E-state index contributed by atoms with van der Waals surface area (Å²) in [6.45, 7) is 4.34. The molecule has 3 N–H and O–H groups in total. The average molecular weight is 256 g/mol. The third kappa shape index (κ3) is 5.04. The summed E-state index contributed by atoms with van der Waals surface area (Å²) in [6, 6.07) is 0.491. The minimum atomic E-state index is -0.692. The van der Waals surface area contributed by atoms with Crippen molar-refractivity contribution in [2.45, 2.75) is 58.0 Å². The van der Waals surface area contributed by atoms with Gasteiger partial charge in [-0.3, -0.25) is 9.59 Å². The molecular weight excluding hydrogens is 232 g/mol. The van der Waals surface area contributed by atoms with E-state index in [0.29, 0.717) is 19.4 Å². The molecule has 5 nitrogen and oxygen atoms in total. The van der Waals surface area contributed by atoms with Gasteiger partial charge in [-0.25, -0.2) is 0 Å². The summed E-state index contributed by atoms with van der Waals surface area (Å²) in [7, 11) is 0. The Hall–Kier alpha value is -1.10. The lowest BCUT2D eigenvalue weighted by atomic mass is 9.86. The molecule has 0 aliphatic heterocycles. The molecule has 0 saturated heterocycles. The molecule has 5 heteroatoms. The van der Waals surface area contributed by atoms with E-state index in [9.17, 15) is 9.59 Å². The van der Waals surface area contributed by atoms with Crippen molar-refractivity contribution in [3.05, 3.63) is 0 Å². The van der Waals surface area contributed by atoms with E-state index < -0.39 is 5.97 Å². The van der Waals surface area contributed by atoms with Gasteiger partial charge in [0.1, 0.15) is 0 Å². The van der Waals surface area contributed by atoms with Gasteiger partial charge in [0.05, 0.1) is 12.5 Å². The summed E-state index contributed by atoms with van der Waals surface area (Å²) < 4.78 is 0. The quantitative estimate of drug-likeness (QED) is 0.666. The first-order chi connectivity index (χ1) is 8.52. The standard InChI is InChI=1S/C13H24N2O3/c1-3-9(2)15-12(16)8-14-11-6-4-10(5-7-11)13(17)18/h9-11,14H,3-8H2,1-2H3,(H,15,16)(H,17,18). The first kappa shape index (κ1) is 15.0. The summed E-state index contributed by atoms with van der Waals surface area (Å²) in [4.78, 5) is 22.4. The minimum absolute atomic E-state index is 0.0182. The van der Waals surface area contributed by atoms with Crippen LogP contribution in [-0.2, 0) is 9.59 Å². The lowest BCUT2D eigenvalue weighted by Crippen LogP contribution is -2.43. The van der Waals surface area contributed by atoms with Gasteiger partial charge in [-0.1, -0.05) is 6.92 Å². The van der Waals surface area contributed by atoms with E-state index >= 15 is 0 Å². The van der Waals surface area contributed by atoms with Crippen LogP contribution in [0.1, 0.15) is 46.0 Å². The van der Waals surface area contributed by atoms with E-state index in [1.807, 2.05) is 13.8 Å². The lowest BCUT2D eigenvalue weighted by Gasteiger charge is -2.26. The van der Waals surface area contributed by atoms with Gasteiger partial charge in [0.15, 0.2) is 0 Å². The van der Waals surface area contributed by atoms with Crippen molar-refractivity contribution in [2.75, 3.05) is 6.54 Å². The van der Waals surface area contributed by atoms with Crippen LogP contribution in [0, 0.1) is 5.92 Å². The highest BCUT2D eigenvalue weighted by Crippen LogP contribution is 2.24. The first-order valence-corrected chi connectivity index (χ1v) is 6.78. The van der Waals surface area contributed by atoms with E-state index in [2.05, 4.69) is 10.6 Å². The highest BCUT2D eigenvalue weighted by Gasteiger charge is 2.25. The molecular formula is C13H24N2O3. The Morgan fingerprint density at radius 3 is 2.39 bits per heavy atom. The predicted octanol–water partition coefficient (Wildman–Crippen LogP) is 1.13. The van der Waals surface area contributed by atoms with Crippen LogP contribution in [0.3, 0.4) is 0 Å². The molecule has 1 saturated carbocycles. The molecule has 104 valence electrons. The van der Waals surface area contributed by atoms with Gasteiger partial charge < -0.3 is 15.7 Å². The number of carbonyl (C=O) groups is 2. The van der Waals surface area contributed by atoms with Crippen molar-refractivity contribution in [3.8, 4) is 0 Å². The van der Waals surface area contributed by atoms with Crippen LogP contribution in [-0.4, -0.2) is 35.6 Å². The monoisotopic (exact) mass is 256 g/mol. The van der Waals surface area contributed by atoms with Gasteiger partial charge in [-0.2, -0.15) is 0 Å². The molecule has 0 heterocycles. The second-order valence-corrected chi connectivity index (χ2v) is 5.14. The summed E-state index contributed by atoms with van der Waals surface area (Å²) in [6.07, 6.45) is 4.02. The lowest BCUT2D eigenvalue weighted by molar-refractivity contribution is -0.143. The molecule has 1 aliphatic carbocycles. The van der Waals surface area contributed by atoms with Gasteiger partial charge in [-0.05, 0) is 39.0 Å². The number of carboxylic acids is 1. The number of aliphatic carboxylic acids is 1. The number of hydrogen-bond acceptors (Lipinski definition) is 3. The van der Waals surface area contributed by atoms with Crippen LogP contribution in [0.25, 0.3) is 0 Å². The normalized spacial score (nSPS) is 25.4. The molecule has 18 heavy (non-hydrogen) atoms. The number of rotatable bonds is 6. The summed E-state index contributed by atoms with van der Waals surface area (Å²) in [5, 5.41) is 15.0. The topological polar surface area (TPSA) is 78.4 Å². The van der Waals surface area contributed by atoms with Crippen LogP contribution in [0.4, 0.5) is 0 Å².